The molecule has 0 amide bonds. The van der Waals surface area contributed by atoms with E-state index in [-0.39, 0.29) is 0 Å². The van der Waals surface area contributed by atoms with Gasteiger partial charge >= 0.3 is 0 Å². The first kappa shape index (κ1) is 9.17. The first-order valence-corrected chi connectivity index (χ1v) is 6.15. The molecule has 2 aliphatic heterocycles. The van der Waals surface area contributed by atoms with Gasteiger partial charge in [0.05, 0.1) is 12.2 Å². The summed E-state index contributed by atoms with van der Waals surface area (Å²) in [6, 6.07) is 1.48. The molecule has 0 spiro atoms. The van der Waals surface area contributed by atoms with E-state index in [2.05, 4.69) is 19.2 Å². The van der Waals surface area contributed by atoms with Crippen LogP contribution in [0, 0.1) is 11.8 Å². The van der Waals surface area contributed by atoms with Gasteiger partial charge in [0.2, 0.25) is 0 Å². The Labute approximate surface area is 86.4 Å². The predicted octanol–water partition coefficient (Wildman–Crippen LogP) is 1.94. The third-order valence-electron chi connectivity index (χ3n) is 4.38. The standard InChI is InChI=1S/C12H21NO/c1-7-5-11(7)13-8(2)10-6-9-3-4-12(10)14-9/h7-13H,3-6H2,1-2H3. The minimum Gasteiger partial charge on any atom is -0.375 e. The molecule has 1 aliphatic carbocycles. The molecule has 80 valence electrons. The van der Waals surface area contributed by atoms with Crippen LogP contribution in [-0.2, 0) is 4.74 Å². The number of ether oxygens (including phenoxy) is 1. The van der Waals surface area contributed by atoms with Crippen LogP contribution in [-0.4, -0.2) is 24.3 Å². The van der Waals surface area contributed by atoms with Crippen molar-refractivity contribution in [2.24, 2.45) is 11.8 Å². The average molecular weight is 195 g/mol. The van der Waals surface area contributed by atoms with E-state index >= 15 is 0 Å². The molecule has 2 bridgehead atoms. The maximum absolute atomic E-state index is 5.89. The van der Waals surface area contributed by atoms with Crippen LogP contribution in [0.4, 0.5) is 0 Å². The lowest BCUT2D eigenvalue weighted by molar-refractivity contribution is 0.0868. The second-order valence-electron chi connectivity index (χ2n) is 5.55. The molecule has 1 saturated carbocycles. The summed E-state index contributed by atoms with van der Waals surface area (Å²) in [7, 11) is 0. The van der Waals surface area contributed by atoms with Crippen molar-refractivity contribution in [2.75, 3.05) is 0 Å². The molecule has 2 heteroatoms. The van der Waals surface area contributed by atoms with Crippen molar-refractivity contribution in [1.29, 1.82) is 0 Å². The summed E-state index contributed by atoms with van der Waals surface area (Å²) < 4.78 is 5.89. The quantitative estimate of drug-likeness (QED) is 0.743. The van der Waals surface area contributed by atoms with Crippen LogP contribution in [0.15, 0.2) is 0 Å². The van der Waals surface area contributed by atoms with Crippen LogP contribution in [0.25, 0.3) is 0 Å². The van der Waals surface area contributed by atoms with Crippen LogP contribution in [0.2, 0.25) is 0 Å². The monoisotopic (exact) mass is 195 g/mol. The van der Waals surface area contributed by atoms with E-state index in [4.69, 9.17) is 4.74 Å². The summed E-state index contributed by atoms with van der Waals surface area (Å²) in [6.07, 6.45) is 6.49. The van der Waals surface area contributed by atoms with E-state index in [1.54, 1.807) is 0 Å². The Hall–Kier alpha value is -0.0800. The topological polar surface area (TPSA) is 21.3 Å². The molecule has 0 aromatic carbocycles. The number of rotatable bonds is 3. The van der Waals surface area contributed by atoms with E-state index in [0.717, 1.165) is 17.9 Å². The van der Waals surface area contributed by atoms with Crippen molar-refractivity contribution < 1.29 is 4.74 Å². The highest BCUT2D eigenvalue weighted by molar-refractivity contribution is 4.98. The van der Waals surface area contributed by atoms with Gasteiger partial charge in [0, 0.05) is 18.0 Å². The Bertz CT molecular complexity index is 230. The molecular weight excluding hydrogens is 174 g/mol. The van der Waals surface area contributed by atoms with Crippen LogP contribution in [0.3, 0.4) is 0 Å². The summed E-state index contributed by atoms with van der Waals surface area (Å²) >= 11 is 0. The smallest absolute Gasteiger partial charge is 0.0623 e. The van der Waals surface area contributed by atoms with E-state index in [9.17, 15) is 0 Å². The number of hydrogen-bond donors (Lipinski definition) is 1. The van der Waals surface area contributed by atoms with Crippen molar-refractivity contribution in [3.05, 3.63) is 0 Å². The number of hydrogen-bond acceptors (Lipinski definition) is 2. The molecule has 0 aromatic rings. The predicted molar refractivity (Wildman–Crippen MR) is 56.2 cm³/mol. The van der Waals surface area contributed by atoms with Gasteiger partial charge in [-0.2, -0.15) is 0 Å². The van der Waals surface area contributed by atoms with Crippen LogP contribution >= 0.6 is 0 Å². The second-order valence-corrected chi connectivity index (χ2v) is 5.55. The van der Waals surface area contributed by atoms with E-state index in [0.29, 0.717) is 18.2 Å². The van der Waals surface area contributed by atoms with E-state index in [1.165, 1.54) is 25.7 Å². The Morgan fingerprint density at radius 3 is 2.57 bits per heavy atom. The third-order valence-corrected chi connectivity index (χ3v) is 4.38. The Balaban J connectivity index is 1.55. The van der Waals surface area contributed by atoms with Crippen LogP contribution < -0.4 is 5.32 Å². The van der Waals surface area contributed by atoms with E-state index < -0.39 is 0 Å². The van der Waals surface area contributed by atoms with Gasteiger partial charge in [-0.1, -0.05) is 6.92 Å². The maximum Gasteiger partial charge on any atom is 0.0623 e. The van der Waals surface area contributed by atoms with Crippen molar-refractivity contribution in [1.82, 2.24) is 5.32 Å². The van der Waals surface area contributed by atoms with Crippen molar-refractivity contribution in [2.45, 2.75) is 63.8 Å². The van der Waals surface area contributed by atoms with Crippen molar-refractivity contribution >= 4 is 0 Å². The lowest BCUT2D eigenvalue weighted by Gasteiger charge is -2.26. The highest BCUT2D eigenvalue weighted by Crippen LogP contribution is 2.41. The highest BCUT2D eigenvalue weighted by atomic mass is 16.5. The summed E-state index contributed by atoms with van der Waals surface area (Å²) in [4.78, 5) is 0. The zero-order valence-electron chi connectivity index (χ0n) is 9.20. The van der Waals surface area contributed by atoms with E-state index in [1.807, 2.05) is 0 Å². The maximum atomic E-state index is 5.89. The molecular formula is C12H21NO. The van der Waals surface area contributed by atoms with Crippen LogP contribution in [0.1, 0.15) is 39.5 Å². The van der Waals surface area contributed by atoms with Gasteiger partial charge in [-0.3, -0.25) is 0 Å². The van der Waals surface area contributed by atoms with Gasteiger partial charge < -0.3 is 10.1 Å². The summed E-state index contributed by atoms with van der Waals surface area (Å²) in [5, 5.41) is 3.75. The fraction of sp³-hybridized carbons (Fsp3) is 1.00. The first-order chi connectivity index (χ1) is 6.74. The molecule has 14 heavy (non-hydrogen) atoms. The fourth-order valence-corrected chi connectivity index (χ4v) is 3.22. The number of fused-ring (bicyclic) bond motifs is 2. The van der Waals surface area contributed by atoms with Gasteiger partial charge in [-0.25, -0.2) is 0 Å². The molecule has 0 aromatic heterocycles. The summed E-state index contributed by atoms with van der Waals surface area (Å²) in [5.41, 5.74) is 0. The van der Waals surface area contributed by atoms with Gasteiger partial charge in [-0.05, 0) is 38.5 Å². The molecule has 6 atom stereocenters. The highest BCUT2D eigenvalue weighted by Gasteiger charge is 2.44. The minimum atomic E-state index is 0.580. The molecule has 2 nitrogen and oxygen atoms in total. The Kier molecular flexibility index (Phi) is 2.10. The molecule has 0 radical (unpaired) electrons. The lowest BCUT2D eigenvalue weighted by atomic mass is 9.84. The zero-order valence-corrected chi connectivity index (χ0v) is 9.20. The van der Waals surface area contributed by atoms with Crippen molar-refractivity contribution in [3.63, 3.8) is 0 Å². The summed E-state index contributed by atoms with van der Waals surface area (Å²) in [5.74, 6) is 1.71. The van der Waals surface area contributed by atoms with Crippen LogP contribution in [0.5, 0.6) is 0 Å². The SMILES string of the molecule is CC1CC1NC(C)C1CC2CCC1O2. The largest absolute Gasteiger partial charge is 0.375 e. The molecule has 2 heterocycles. The molecule has 2 saturated heterocycles. The fourth-order valence-electron chi connectivity index (χ4n) is 3.22. The number of nitrogens with one attached hydrogen (secondary N) is 1. The van der Waals surface area contributed by atoms with Gasteiger partial charge in [0.1, 0.15) is 0 Å². The zero-order chi connectivity index (χ0) is 9.71. The summed E-state index contributed by atoms with van der Waals surface area (Å²) in [6.45, 7) is 4.68. The van der Waals surface area contributed by atoms with Gasteiger partial charge in [-0.15, -0.1) is 0 Å². The van der Waals surface area contributed by atoms with Gasteiger partial charge in [0.25, 0.3) is 0 Å². The Morgan fingerprint density at radius 1 is 1.29 bits per heavy atom. The molecule has 6 unspecified atom stereocenters. The molecule has 3 rings (SSSR count). The lowest BCUT2D eigenvalue weighted by Crippen LogP contribution is -2.40. The average Bonchev–Trinajstić information content (AvgIpc) is 2.67. The first-order valence-electron chi connectivity index (χ1n) is 6.15. The minimum absolute atomic E-state index is 0.580. The normalized spacial score (nSPS) is 52.3. The Morgan fingerprint density at radius 2 is 2.07 bits per heavy atom. The molecule has 1 N–H and O–H groups in total. The van der Waals surface area contributed by atoms with Gasteiger partial charge in [0.15, 0.2) is 0 Å². The third kappa shape index (κ3) is 1.49. The van der Waals surface area contributed by atoms with Crippen molar-refractivity contribution in [3.8, 4) is 0 Å². The molecule has 3 aliphatic rings. The second kappa shape index (κ2) is 3.21. The molecule has 3 fully saturated rings.